The number of aromatic nitrogens is 4. The van der Waals surface area contributed by atoms with Gasteiger partial charge in [0.25, 0.3) is 0 Å². The number of hydrogen-bond acceptors (Lipinski definition) is 2. The highest BCUT2D eigenvalue weighted by atomic mass is 15.1. The highest BCUT2D eigenvalue weighted by Crippen LogP contribution is 2.39. The summed E-state index contributed by atoms with van der Waals surface area (Å²) in [6, 6.07) is 54.1. The normalized spacial score (nSPS) is 11.4. The smallest absolute Gasteiger partial charge is 0.144 e. The lowest BCUT2D eigenvalue weighted by Crippen LogP contribution is -2.01. The first-order valence-electron chi connectivity index (χ1n) is 16.6. The van der Waals surface area contributed by atoms with Gasteiger partial charge < -0.3 is 4.57 Å². The summed E-state index contributed by atoms with van der Waals surface area (Å²) in [6.45, 7) is 2.20. The molecule has 9 rings (SSSR count). The van der Waals surface area contributed by atoms with Crippen LogP contribution in [-0.4, -0.2) is 19.1 Å². The molecular formula is C45H32N4. The van der Waals surface area contributed by atoms with Crippen molar-refractivity contribution in [2.75, 3.05) is 0 Å². The van der Waals surface area contributed by atoms with E-state index in [1.54, 1.807) is 0 Å². The summed E-state index contributed by atoms with van der Waals surface area (Å²) < 4.78 is 4.60. The maximum Gasteiger partial charge on any atom is 0.144 e. The summed E-state index contributed by atoms with van der Waals surface area (Å²) >= 11 is 0. The van der Waals surface area contributed by atoms with Crippen molar-refractivity contribution in [3.05, 3.63) is 182 Å². The minimum absolute atomic E-state index is 0.911. The number of rotatable bonds is 6. The van der Waals surface area contributed by atoms with Crippen LogP contribution in [0, 0.1) is 6.92 Å². The average molecular weight is 629 g/mol. The van der Waals surface area contributed by atoms with Gasteiger partial charge >= 0.3 is 0 Å². The minimum atomic E-state index is 0.911. The van der Waals surface area contributed by atoms with Gasteiger partial charge in [-0.15, -0.1) is 0 Å². The van der Waals surface area contributed by atoms with Gasteiger partial charge in [-0.05, 0) is 89.3 Å². The van der Waals surface area contributed by atoms with Gasteiger partial charge in [-0.1, -0.05) is 97.1 Å². The van der Waals surface area contributed by atoms with Crippen LogP contribution < -0.4 is 0 Å². The zero-order chi connectivity index (χ0) is 32.7. The van der Waals surface area contributed by atoms with Crippen molar-refractivity contribution < 1.29 is 0 Å². The summed E-state index contributed by atoms with van der Waals surface area (Å²) in [5.74, 6) is 0.911. The van der Waals surface area contributed by atoms with Gasteiger partial charge in [0.2, 0.25) is 0 Å². The van der Waals surface area contributed by atoms with Crippen molar-refractivity contribution in [3.63, 3.8) is 0 Å². The first kappa shape index (κ1) is 28.7. The molecule has 0 aliphatic carbocycles. The van der Waals surface area contributed by atoms with Gasteiger partial charge in [-0.3, -0.25) is 9.55 Å². The summed E-state index contributed by atoms with van der Waals surface area (Å²) in [5, 5.41) is 2.43. The molecule has 0 saturated carbocycles. The van der Waals surface area contributed by atoms with Crippen molar-refractivity contribution in [1.29, 1.82) is 0 Å². The minimum Gasteiger partial charge on any atom is -0.309 e. The number of aryl methyl sites for hydroxylation is 1. The Hall–Kier alpha value is -6.52. The van der Waals surface area contributed by atoms with E-state index in [1.807, 2.05) is 24.7 Å². The molecule has 6 aromatic carbocycles. The third-order valence-electron chi connectivity index (χ3n) is 9.45. The van der Waals surface area contributed by atoms with Gasteiger partial charge in [-0.25, -0.2) is 4.98 Å². The number of benzene rings is 6. The molecule has 3 heterocycles. The molecule has 0 bridgehead atoms. The maximum absolute atomic E-state index is 4.86. The van der Waals surface area contributed by atoms with Crippen LogP contribution in [0.15, 0.2) is 176 Å². The molecule has 0 amide bonds. The number of nitrogens with zero attached hydrogens (tertiary/aromatic N) is 4. The third-order valence-corrected chi connectivity index (χ3v) is 9.45. The van der Waals surface area contributed by atoms with Crippen LogP contribution in [-0.2, 0) is 0 Å². The Balaban J connectivity index is 1.19. The fourth-order valence-corrected chi connectivity index (χ4v) is 7.11. The molecule has 9 aromatic rings. The summed E-state index contributed by atoms with van der Waals surface area (Å²) in [5.41, 5.74) is 13.8. The predicted molar refractivity (Wildman–Crippen MR) is 202 cm³/mol. The Morgan fingerprint density at radius 1 is 0.469 bits per heavy atom. The van der Waals surface area contributed by atoms with E-state index in [-0.39, 0.29) is 0 Å². The Morgan fingerprint density at radius 2 is 1.10 bits per heavy atom. The van der Waals surface area contributed by atoms with Crippen molar-refractivity contribution in [2.45, 2.75) is 6.92 Å². The highest BCUT2D eigenvalue weighted by molar-refractivity contribution is 6.11. The number of fused-ring (bicyclic) bond motifs is 3. The zero-order valence-corrected chi connectivity index (χ0v) is 27.0. The lowest BCUT2D eigenvalue weighted by atomic mass is 10.0. The quantitative estimate of drug-likeness (QED) is 0.184. The van der Waals surface area contributed by atoms with Crippen LogP contribution in [0.5, 0.6) is 0 Å². The summed E-state index contributed by atoms with van der Waals surface area (Å²) in [6.07, 6.45) is 7.69. The number of hydrogen-bond donors (Lipinski definition) is 0. The van der Waals surface area contributed by atoms with E-state index in [9.17, 15) is 0 Å². The van der Waals surface area contributed by atoms with E-state index < -0.39 is 0 Å². The first-order chi connectivity index (χ1) is 24.2. The molecule has 0 fully saturated rings. The lowest BCUT2D eigenvalue weighted by molar-refractivity contribution is 1.07. The third kappa shape index (κ3) is 5.02. The van der Waals surface area contributed by atoms with E-state index in [1.165, 1.54) is 49.6 Å². The first-order valence-corrected chi connectivity index (χ1v) is 16.6. The van der Waals surface area contributed by atoms with Crippen LogP contribution >= 0.6 is 0 Å². The Bertz CT molecular complexity index is 2500. The molecule has 3 aromatic heterocycles. The van der Waals surface area contributed by atoms with Gasteiger partial charge in [-0.2, -0.15) is 0 Å². The summed E-state index contributed by atoms with van der Waals surface area (Å²) in [4.78, 5) is 9.24. The largest absolute Gasteiger partial charge is 0.309 e. The molecular weight excluding hydrogens is 597 g/mol. The second kappa shape index (κ2) is 11.9. The lowest BCUT2D eigenvalue weighted by Gasteiger charge is -2.16. The second-order valence-electron chi connectivity index (χ2n) is 12.4. The fourth-order valence-electron chi connectivity index (χ4n) is 7.11. The van der Waals surface area contributed by atoms with Crippen molar-refractivity contribution >= 4 is 21.8 Å². The van der Waals surface area contributed by atoms with Crippen molar-refractivity contribution in [1.82, 2.24) is 19.1 Å². The number of para-hydroxylation sites is 1. The van der Waals surface area contributed by atoms with Crippen LogP contribution in [0.25, 0.3) is 77.9 Å². The van der Waals surface area contributed by atoms with Crippen LogP contribution in [0.2, 0.25) is 0 Å². The van der Waals surface area contributed by atoms with E-state index in [2.05, 4.69) is 173 Å². The Kier molecular flexibility index (Phi) is 6.98. The SMILES string of the molecule is Cc1cc(-c2nccn2-c2ccccc2-c2ccccc2)ccc1-n1c2ccc(-c3ccccc3)cc2c2cc(-c3cccnc3)ccc21. The molecule has 0 saturated heterocycles. The molecule has 0 aliphatic heterocycles. The van der Waals surface area contributed by atoms with Crippen molar-refractivity contribution in [2.24, 2.45) is 0 Å². The van der Waals surface area contributed by atoms with E-state index in [0.29, 0.717) is 0 Å². The molecule has 0 spiro atoms. The highest BCUT2D eigenvalue weighted by Gasteiger charge is 2.18. The number of imidazole rings is 1. The summed E-state index contributed by atoms with van der Waals surface area (Å²) in [7, 11) is 0. The molecule has 0 unspecified atom stereocenters. The van der Waals surface area contributed by atoms with Gasteiger partial charge in [0.05, 0.1) is 16.7 Å². The topological polar surface area (TPSA) is 35.6 Å². The molecule has 0 N–H and O–H groups in total. The Labute approximate surface area is 285 Å². The molecule has 0 radical (unpaired) electrons. The van der Waals surface area contributed by atoms with Gasteiger partial charge in [0.1, 0.15) is 5.82 Å². The second-order valence-corrected chi connectivity index (χ2v) is 12.4. The predicted octanol–water partition coefficient (Wildman–Crippen LogP) is 11.3. The van der Waals surface area contributed by atoms with E-state index in [4.69, 9.17) is 4.98 Å². The molecule has 232 valence electrons. The van der Waals surface area contributed by atoms with Crippen molar-refractivity contribution in [3.8, 4) is 56.1 Å². The standard InChI is InChI=1S/C45H32N4/c1-31-27-36(45-47-25-26-48(45)42-17-9-8-16-38(42)33-13-6-3-7-14-33)20-21-41(31)49-43-22-18-34(32-11-4-2-5-12-32)28-39(43)40-29-35(19-23-44(40)49)37-15-10-24-46-30-37/h2-30H,1H3. The maximum atomic E-state index is 4.86. The molecule has 0 aliphatic rings. The van der Waals surface area contributed by atoms with Crippen LogP contribution in [0.1, 0.15) is 5.56 Å². The monoisotopic (exact) mass is 628 g/mol. The Morgan fingerprint density at radius 3 is 1.80 bits per heavy atom. The van der Waals surface area contributed by atoms with Gasteiger partial charge in [0, 0.05) is 57.9 Å². The molecule has 49 heavy (non-hydrogen) atoms. The van der Waals surface area contributed by atoms with Gasteiger partial charge in [0.15, 0.2) is 0 Å². The average Bonchev–Trinajstić information content (AvgIpc) is 3.79. The van der Waals surface area contributed by atoms with E-state index >= 15 is 0 Å². The van der Waals surface area contributed by atoms with E-state index in [0.717, 1.165) is 33.9 Å². The molecule has 4 heteroatoms. The number of pyridine rings is 1. The zero-order valence-electron chi connectivity index (χ0n) is 27.0. The fraction of sp³-hybridized carbons (Fsp3) is 0.0222. The molecule has 4 nitrogen and oxygen atoms in total. The molecule has 0 atom stereocenters. The van der Waals surface area contributed by atoms with Crippen LogP contribution in [0.3, 0.4) is 0 Å². The van der Waals surface area contributed by atoms with Crippen LogP contribution in [0.4, 0.5) is 0 Å².